The van der Waals surface area contributed by atoms with Gasteiger partial charge in [0.2, 0.25) is 0 Å². The maximum atomic E-state index is 5.71. The fraction of sp³-hybridized carbons (Fsp3) is 0.357. The van der Waals surface area contributed by atoms with Crippen LogP contribution in [0.2, 0.25) is 0 Å². The lowest BCUT2D eigenvalue weighted by molar-refractivity contribution is 0.442. The summed E-state index contributed by atoms with van der Waals surface area (Å²) in [5.74, 6) is 2.95. The number of hydrogen-bond acceptors (Lipinski definition) is 4. The second-order valence-electron chi connectivity index (χ2n) is 4.18. The zero-order valence-corrected chi connectivity index (χ0v) is 11.5. The van der Waals surface area contributed by atoms with Crippen molar-refractivity contribution in [1.82, 2.24) is 10.3 Å². The first-order chi connectivity index (χ1) is 8.79. The van der Waals surface area contributed by atoms with Gasteiger partial charge in [0, 0.05) is 18.4 Å². The highest BCUT2D eigenvalue weighted by Gasteiger charge is 2.06. The largest absolute Gasteiger partial charge is 0.464 e. The van der Waals surface area contributed by atoms with E-state index in [-0.39, 0.29) is 0 Å². The molecule has 0 radical (unpaired) electrons. The SMILES string of the molecule is CSCc1ccc(CN[C@H](C)c2ccncc2)o1. The molecule has 1 N–H and O–H groups in total. The molecule has 0 fully saturated rings. The van der Waals surface area contributed by atoms with Crippen molar-refractivity contribution in [3.8, 4) is 0 Å². The Hall–Kier alpha value is -1.26. The molecule has 18 heavy (non-hydrogen) atoms. The summed E-state index contributed by atoms with van der Waals surface area (Å²) in [6.07, 6.45) is 5.71. The lowest BCUT2D eigenvalue weighted by atomic mass is 10.1. The van der Waals surface area contributed by atoms with Gasteiger partial charge in [-0.05, 0) is 43.0 Å². The molecule has 2 rings (SSSR count). The van der Waals surface area contributed by atoms with Crippen LogP contribution in [0.5, 0.6) is 0 Å². The Morgan fingerprint density at radius 3 is 2.67 bits per heavy atom. The monoisotopic (exact) mass is 262 g/mol. The van der Waals surface area contributed by atoms with E-state index >= 15 is 0 Å². The summed E-state index contributed by atoms with van der Waals surface area (Å²) in [4.78, 5) is 4.02. The van der Waals surface area contributed by atoms with Crippen molar-refractivity contribution in [1.29, 1.82) is 0 Å². The topological polar surface area (TPSA) is 38.1 Å². The number of nitrogens with one attached hydrogen (secondary N) is 1. The van der Waals surface area contributed by atoms with Crippen molar-refractivity contribution < 1.29 is 4.42 Å². The molecule has 2 aromatic rings. The zero-order valence-electron chi connectivity index (χ0n) is 10.7. The minimum absolute atomic E-state index is 0.294. The first-order valence-electron chi connectivity index (χ1n) is 5.99. The molecule has 0 unspecified atom stereocenters. The van der Waals surface area contributed by atoms with E-state index < -0.39 is 0 Å². The van der Waals surface area contributed by atoms with E-state index in [0.29, 0.717) is 6.04 Å². The van der Waals surface area contributed by atoms with Crippen LogP contribution in [0, 0.1) is 0 Å². The molecule has 4 heteroatoms. The molecule has 0 amide bonds. The molecule has 3 nitrogen and oxygen atoms in total. The average molecular weight is 262 g/mol. The Balaban J connectivity index is 1.87. The highest BCUT2D eigenvalue weighted by molar-refractivity contribution is 7.97. The van der Waals surface area contributed by atoms with Crippen LogP contribution in [0.15, 0.2) is 41.1 Å². The Morgan fingerprint density at radius 1 is 1.22 bits per heavy atom. The Labute approximate surface area is 112 Å². The summed E-state index contributed by atoms with van der Waals surface area (Å²) in [5, 5.41) is 3.44. The second-order valence-corrected chi connectivity index (χ2v) is 5.05. The van der Waals surface area contributed by atoms with Gasteiger partial charge in [0.15, 0.2) is 0 Å². The quantitative estimate of drug-likeness (QED) is 0.866. The molecule has 2 aromatic heterocycles. The molecular formula is C14H18N2OS. The molecule has 1 atom stereocenters. The summed E-state index contributed by atoms with van der Waals surface area (Å²) >= 11 is 1.77. The number of pyridine rings is 1. The van der Waals surface area contributed by atoms with E-state index in [4.69, 9.17) is 4.42 Å². The Morgan fingerprint density at radius 2 is 1.94 bits per heavy atom. The Kier molecular flexibility index (Phi) is 4.84. The van der Waals surface area contributed by atoms with Gasteiger partial charge in [0.05, 0.1) is 12.3 Å². The highest BCUT2D eigenvalue weighted by Crippen LogP contribution is 2.15. The second kappa shape index (κ2) is 6.61. The summed E-state index contributed by atoms with van der Waals surface area (Å²) in [7, 11) is 0. The van der Waals surface area contributed by atoms with Crippen molar-refractivity contribution in [2.75, 3.05) is 6.26 Å². The van der Waals surface area contributed by atoms with E-state index in [9.17, 15) is 0 Å². The van der Waals surface area contributed by atoms with E-state index in [1.54, 1.807) is 11.8 Å². The van der Waals surface area contributed by atoms with Gasteiger partial charge >= 0.3 is 0 Å². The van der Waals surface area contributed by atoms with Crippen molar-refractivity contribution >= 4 is 11.8 Å². The van der Waals surface area contributed by atoms with E-state index in [2.05, 4.69) is 23.5 Å². The Bertz CT molecular complexity index is 470. The molecule has 0 aliphatic rings. The van der Waals surface area contributed by atoms with Gasteiger partial charge < -0.3 is 9.73 Å². The number of nitrogens with zero attached hydrogens (tertiary/aromatic N) is 1. The third-order valence-electron chi connectivity index (χ3n) is 2.79. The van der Waals surface area contributed by atoms with E-state index in [0.717, 1.165) is 23.8 Å². The van der Waals surface area contributed by atoms with Gasteiger partial charge in [-0.1, -0.05) is 0 Å². The first-order valence-corrected chi connectivity index (χ1v) is 7.39. The molecule has 0 aliphatic carbocycles. The molecular weight excluding hydrogens is 244 g/mol. The number of furan rings is 1. The number of rotatable bonds is 6. The highest BCUT2D eigenvalue weighted by atomic mass is 32.2. The van der Waals surface area contributed by atoms with Gasteiger partial charge in [-0.25, -0.2) is 0 Å². The maximum Gasteiger partial charge on any atom is 0.118 e. The van der Waals surface area contributed by atoms with Crippen LogP contribution in [0.3, 0.4) is 0 Å². The van der Waals surface area contributed by atoms with Crippen molar-refractivity contribution in [2.45, 2.75) is 25.3 Å². The van der Waals surface area contributed by atoms with Gasteiger partial charge in [-0.15, -0.1) is 0 Å². The lowest BCUT2D eigenvalue weighted by Gasteiger charge is -2.12. The summed E-state index contributed by atoms with van der Waals surface area (Å²) in [5.41, 5.74) is 1.24. The van der Waals surface area contributed by atoms with Crippen LogP contribution in [-0.4, -0.2) is 11.2 Å². The van der Waals surface area contributed by atoms with Crippen LogP contribution in [-0.2, 0) is 12.3 Å². The zero-order chi connectivity index (χ0) is 12.8. The molecule has 0 bridgehead atoms. The number of thioether (sulfide) groups is 1. The van der Waals surface area contributed by atoms with Crippen LogP contribution in [0.4, 0.5) is 0 Å². The normalized spacial score (nSPS) is 12.6. The van der Waals surface area contributed by atoms with Gasteiger partial charge in [0.1, 0.15) is 11.5 Å². The molecule has 0 saturated carbocycles. The summed E-state index contributed by atoms with van der Waals surface area (Å²) in [6.45, 7) is 2.89. The van der Waals surface area contributed by atoms with Crippen molar-refractivity contribution in [3.05, 3.63) is 53.7 Å². The molecule has 0 saturated heterocycles. The van der Waals surface area contributed by atoms with Gasteiger partial charge in [-0.2, -0.15) is 11.8 Å². The fourth-order valence-corrected chi connectivity index (χ4v) is 2.20. The van der Waals surface area contributed by atoms with Crippen molar-refractivity contribution in [3.63, 3.8) is 0 Å². The molecule has 0 spiro atoms. The molecule has 96 valence electrons. The molecule has 0 aliphatic heterocycles. The standard InChI is InChI=1S/C14H18N2OS/c1-11(12-5-7-15-8-6-12)16-9-13-3-4-14(17-13)10-18-2/h3-8,11,16H,9-10H2,1-2H3/t11-/m1/s1. The van der Waals surface area contributed by atoms with Crippen LogP contribution in [0.1, 0.15) is 30.0 Å². The van der Waals surface area contributed by atoms with Crippen molar-refractivity contribution in [2.24, 2.45) is 0 Å². The molecule has 0 aromatic carbocycles. The van der Waals surface area contributed by atoms with Gasteiger partial charge in [-0.3, -0.25) is 4.98 Å². The first kappa shape index (κ1) is 13.2. The minimum atomic E-state index is 0.294. The van der Waals surface area contributed by atoms with Crippen LogP contribution in [0.25, 0.3) is 0 Å². The minimum Gasteiger partial charge on any atom is -0.464 e. The van der Waals surface area contributed by atoms with E-state index in [1.807, 2.05) is 36.7 Å². The van der Waals surface area contributed by atoms with Gasteiger partial charge in [0.25, 0.3) is 0 Å². The number of aromatic nitrogens is 1. The van der Waals surface area contributed by atoms with E-state index in [1.165, 1.54) is 5.56 Å². The summed E-state index contributed by atoms with van der Waals surface area (Å²) in [6, 6.07) is 8.43. The number of hydrogen-bond donors (Lipinski definition) is 1. The predicted molar refractivity (Wildman–Crippen MR) is 75.4 cm³/mol. The predicted octanol–water partition coefficient (Wildman–Crippen LogP) is 3.39. The summed E-state index contributed by atoms with van der Waals surface area (Å²) < 4.78 is 5.71. The van der Waals surface area contributed by atoms with Crippen LogP contribution >= 0.6 is 11.8 Å². The fourth-order valence-electron chi connectivity index (χ4n) is 1.76. The van der Waals surface area contributed by atoms with Crippen LogP contribution < -0.4 is 5.32 Å². The maximum absolute atomic E-state index is 5.71. The third-order valence-corrected chi connectivity index (χ3v) is 3.37. The smallest absolute Gasteiger partial charge is 0.118 e. The average Bonchev–Trinajstić information content (AvgIpc) is 2.85. The third kappa shape index (κ3) is 3.62. The molecule has 2 heterocycles. The lowest BCUT2D eigenvalue weighted by Crippen LogP contribution is -2.17.